The van der Waals surface area contributed by atoms with Crippen LogP contribution >= 0.6 is 15.9 Å². The summed E-state index contributed by atoms with van der Waals surface area (Å²) in [7, 11) is 1.71. The number of ether oxygens (including phenoxy) is 1. The van der Waals surface area contributed by atoms with Crippen molar-refractivity contribution in [1.82, 2.24) is 0 Å². The monoisotopic (exact) mass is 293 g/mol. The van der Waals surface area contributed by atoms with Crippen LogP contribution in [0.5, 0.6) is 5.75 Å². The van der Waals surface area contributed by atoms with Crippen molar-refractivity contribution in [3.63, 3.8) is 0 Å². The zero-order valence-electron chi connectivity index (χ0n) is 9.87. The number of fused-ring (bicyclic) bond motifs is 1. The van der Waals surface area contributed by atoms with Crippen LogP contribution in [0.15, 0.2) is 34.8 Å². The van der Waals surface area contributed by atoms with Gasteiger partial charge in [0.2, 0.25) is 0 Å². The maximum atomic E-state index is 5.59. The molecule has 2 rings (SSSR count). The molecule has 0 unspecified atom stereocenters. The third-order valence-corrected chi connectivity index (χ3v) is 3.39. The molecule has 17 heavy (non-hydrogen) atoms. The summed E-state index contributed by atoms with van der Waals surface area (Å²) in [5, 5.41) is 2.48. The fourth-order valence-electron chi connectivity index (χ4n) is 2.07. The molecule has 2 aromatic rings. The van der Waals surface area contributed by atoms with Crippen LogP contribution in [0.25, 0.3) is 10.8 Å². The van der Waals surface area contributed by atoms with Gasteiger partial charge in [0, 0.05) is 10.0 Å². The number of aryl methyl sites for hydroxylation is 1. The fraction of sp³-hybridized carbons (Fsp3) is 0.286. The van der Waals surface area contributed by atoms with E-state index in [2.05, 4.69) is 40.2 Å². The van der Waals surface area contributed by atoms with E-state index in [1.807, 2.05) is 6.07 Å². The second-order valence-corrected chi connectivity index (χ2v) is 4.92. The minimum Gasteiger partial charge on any atom is -0.496 e. The maximum Gasteiger partial charge on any atom is 0.122 e. The lowest BCUT2D eigenvalue weighted by atomic mass is 10.00. The van der Waals surface area contributed by atoms with Gasteiger partial charge in [-0.05, 0) is 48.4 Å². The van der Waals surface area contributed by atoms with Crippen LogP contribution in [0.1, 0.15) is 12.0 Å². The Morgan fingerprint density at radius 1 is 1.24 bits per heavy atom. The first-order valence-corrected chi connectivity index (χ1v) is 6.50. The molecule has 0 aliphatic rings. The van der Waals surface area contributed by atoms with Crippen LogP contribution in [-0.2, 0) is 6.42 Å². The van der Waals surface area contributed by atoms with Gasteiger partial charge < -0.3 is 10.5 Å². The van der Waals surface area contributed by atoms with E-state index in [0.717, 1.165) is 23.1 Å². The average Bonchev–Trinajstić information content (AvgIpc) is 2.35. The van der Waals surface area contributed by atoms with Crippen molar-refractivity contribution < 1.29 is 4.74 Å². The van der Waals surface area contributed by atoms with Gasteiger partial charge in [-0.25, -0.2) is 0 Å². The normalized spacial score (nSPS) is 10.8. The number of hydrogen-bond acceptors (Lipinski definition) is 2. The van der Waals surface area contributed by atoms with E-state index >= 15 is 0 Å². The molecule has 0 spiro atoms. The molecule has 2 N–H and O–H groups in total. The SMILES string of the molecule is COc1ccc2cc(Br)ccc2c1CCCN. The lowest BCUT2D eigenvalue weighted by Gasteiger charge is -2.12. The Morgan fingerprint density at radius 3 is 2.76 bits per heavy atom. The number of nitrogens with two attached hydrogens (primary N) is 1. The molecule has 0 bridgehead atoms. The summed E-state index contributed by atoms with van der Waals surface area (Å²) in [6, 6.07) is 10.4. The molecule has 90 valence electrons. The lowest BCUT2D eigenvalue weighted by molar-refractivity contribution is 0.410. The van der Waals surface area contributed by atoms with E-state index in [0.29, 0.717) is 6.54 Å². The van der Waals surface area contributed by atoms with Crippen molar-refractivity contribution in [2.75, 3.05) is 13.7 Å². The third-order valence-electron chi connectivity index (χ3n) is 2.90. The molecule has 0 aromatic heterocycles. The van der Waals surface area contributed by atoms with Gasteiger partial charge >= 0.3 is 0 Å². The Kier molecular flexibility index (Phi) is 4.02. The van der Waals surface area contributed by atoms with Gasteiger partial charge in [-0.1, -0.05) is 28.1 Å². The van der Waals surface area contributed by atoms with Crippen molar-refractivity contribution in [3.8, 4) is 5.75 Å². The molecule has 0 fully saturated rings. The zero-order valence-corrected chi connectivity index (χ0v) is 11.5. The predicted octanol–water partition coefficient (Wildman–Crippen LogP) is 3.50. The first kappa shape index (κ1) is 12.4. The third kappa shape index (κ3) is 2.61. The van der Waals surface area contributed by atoms with E-state index in [4.69, 9.17) is 10.5 Å². The highest BCUT2D eigenvalue weighted by Gasteiger charge is 2.08. The Morgan fingerprint density at radius 2 is 2.06 bits per heavy atom. The summed E-state index contributed by atoms with van der Waals surface area (Å²) in [5.74, 6) is 0.952. The lowest BCUT2D eigenvalue weighted by Crippen LogP contribution is -2.02. The zero-order chi connectivity index (χ0) is 12.3. The molecule has 3 heteroatoms. The van der Waals surface area contributed by atoms with E-state index in [9.17, 15) is 0 Å². The van der Waals surface area contributed by atoms with Gasteiger partial charge in [0.1, 0.15) is 5.75 Å². The molecular formula is C14H16BrNO. The molecule has 0 aliphatic heterocycles. The van der Waals surface area contributed by atoms with E-state index in [1.165, 1.54) is 16.3 Å². The van der Waals surface area contributed by atoms with Gasteiger partial charge in [-0.15, -0.1) is 0 Å². The van der Waals surface area contributed by atoms with Crippen LogP contribution in [0.2, 0.25) is 0 Å². The Bertz CT molecular complexity index is 525. The highest BCUT2D eigenvalue weighted by atomic mass is 79.9. The van der Waals surface area contributed by atoms with E-state index < -0.39 is 0 Å². The maximum absolute atomic E-state index is 5.59. The van der Waals surface area contributed by atoms with Gasteiger partial charge in [0.05, 0.1) is 7.11 Å². The van der Waals surface area contributed by atoms with Crippen LogP contribution in [-0.4, -0.2) is 13.7 Å². The van der Waals surface area contributed by atoms with Crippen LogP contribution < -0.4 is 10.5 Å². The van der Waals surface area contributed by atoms with Crippen molar-refractivity contribution in [1.29, 1.82) is 0 Å². The highest BCUT2D eigenvalue weighted by Crippen LogP contribution is 2.30. The standard InChI is InChI=1S/C14H16BrNO/c1-17-14-7-4-10-9-11(15)5-6-12(10)13(14)3-2-8-16/h4-7,9H,2-3,8,16H2,1H3. The van der Waals surface area contributed by atoms with Crippen LogP contribution in [0.3, 0.4) is 0 Å². The van der Waals surface area contributed by atoms with Gasteiger partial charge in [-0.3, -0.25) is 0 Å². The Labute approximate surface area is 110 Å². The second kappa shape index (κ2) is 5.52. The summed E-state index contributed by atoms with van der Waals surface area (Å²) >= 11 is 3.49. The number of rotatable bonds is 4. The predicted molar refractivity (Wildman–Crippen MR) is 75.6 cm³/mol. The van der Waals surface area contributed by atoms with Crippen molar-refractivity contribution in [2.24, 2.45) is 5.73 Å². The molecule has 2 nitrogen and oxygen atoms in total. The van der Waals surface area contributed by atoms with Gasteiger partial charge in [0.25, 0.3) is 0 Å². The quantitative estimate of drug-likeness (QED) is 0.936. The molecule has 0 atom stereocenters. The molecule has 0 saturated carbocycles. The summed E-state index contributed by atoms with van der Waals surface area (Å²) in [6.45, 7) is 0.704. The van der Waals surface area contributed by atoms with Crippen LogP contribution in [0.4, 0.5) is 0 Å². The topological polar surface area (TPSA) is 35.2 Å². The first-order valence-electron chi connectivity index (χ1n) is 5.71. The smallest absolute Gasteiger partial charge is 0.122 e. The summed E-state index contributed by atoms with van der Waals surface area (Å²) in [5.41, 5.74) is 6.84. The second-order valence-electron chi connectivity index (χ2n) is 4.00. The largest absolute Gasteiger partial charge is 0.496 e. The minimum atomic E-state index is 0.704. The highest BCUT2D eigenvalue weighted by molar-refractivity contribution is 9.10. The summed E-state index contributed by atoms with van der Waals surface area (Å²) < 4.78 is 6.53. The van der Waals surface area contributed by atoms with E-state index in [-0.39, 0.29) is 0 Å². The Hall–Kier alpha value is -1.06. The number of hydrogen-bond donors (Lipinski definition) is 1. The van der Waals surface area contributed by atoms with Gasteiger partial charge in [0.15, 0.2) is 0 Å². The van der Waals surface area contributed by atoms with Crippen molar-refractivity contribution >= 4 is 26.7 Å². The average molecular weight is 294 g/mol. The summed E-state index contributed by atoms with van der Waals surface area (Å²) in [6.07, 6.45) is 1.93. The van der Waals surface area contributed by atoms with Gasteiger partial charge in [-0.2, -0.15) is 0 Å². The van der Waals surface area contributed by atoms with Crippen LogP contribution in [0, 0.1) is 0 Å². The number of halogens is 1. The molecule has 0 amide bonds. The molecule has 0 aliphatic carbocycles. The number of methoxy groups -OCH3 is 1. The van der Waals surface area contributed by atoms with Crippen molar-refractivity contribution in [2.45, 2.75) is 12.8 Å². The molecular weight excluding hydrogens is 278 g/mol. The Balaban J connectivity index is 2.57. The molecule has 2 aromatic carbocycles. The summed E-state index contributed by atoms with van der Waals surface area (Å²) in [4.78, 5) is 0. The molecule has 0 radical (unpaired) electrons. The van der Waals surface area contributed by atoms with Crippen molar-refractivity contribution in [3.05, 3.63) is 40.4 Å². The van der Waals surface area contributed by atoms with E-state index in [1.54, 1.807) is 7.11 Å². The minimum absolute atomic E-state index is 0.704. The first-order chi connectivity index (χ1) is 8.26. The number of benzene rings is 2. The molecule has 0 heterocycles. The molecule has 0 saturated heterocycles. The fourth-order valence-corrected chi connectivity index (χ4v) is 2.45.